The van der Waals surface area contributed by atoms with Gasteiger partial charge >= 0.3 is 11.9 Å². The van der Waals surface area contributed by atoms with Gasteiger partial charge in [-0.3, -0.25) is 9.59 Å². The molecule has 0 aliphatic heterocycles. The van der Waals surface area contributed by atoms with Crippen LogP contribution in [0, 0.1) is 34.5 Å². The fourth-order valence-electron chi connectivity index (χ4n) is 7.92. The van der Waals surface area contributed by atoms with E-state index in [2.05, 4.69) is 32.9 Å². The van der Waals surface area contributed by atoms with Crippen LogP contribution in [0.25, 0.3) is 0 Å². The molecule has 0 saturated heterocycles. The van der Waals surface area contributed by atoms with Crippen LogP contribution in [-0.2, 0) is 19.1 Å². The van der Waals surface area contributed by atoms with Gasteiger partial charge < -0.3 is 9.47 Å². The fourth-order valence-corrected chi connectivity index (χ4v) is 7.92. The van der Waals surface area contributed by atoms with Crippen molar-refractivity contribution < 1.29 is 19.1 Å². The van der Waals surface area contributed by atoms with Crippen LogP contribution >= 0.6 is 0 Å². The highest BCUT2D eigenvalue weighted by atomic mass is 16.5. The van der Waals surface area contributed by atoms with Gasteiger partial charge in [-0.2, -0.15) is 0 Å². The average Bonchev–Trinajstić information content (AvgIpc) is 3.09. The predicted molar refractivity (Wildman–Crippen MR) is 121 cm³/mol. The van der Waals surface area contributed by atoms with Gasteiger partial charge in [0.2, 0.25) is 0 Å². The highest BCUT2D eigenvalue weighted by Crippen LogP contribution is 2.65. The molecule has 172 valence electrons. The van der Waals surface area contributed by atoms with Crippen LogP contribution < -0.4 is 0 Å². The summed E-state index contributed by atoms with van der Waals surface area (Å²) in [4.78, 5) is 23.1. The Morgan fingerprint density at radius 1 is 1.10 bits per heavy atom. The first-order chi connectivity index (χ1) is 14.7. The molecule has 0 radical (unpaired) electrons. The van der Waals surface area contributed by atoms with E-state index in [0.29, 0.717) is 18.3 Å². The van der Waals surface area contributed by atoms with E-state index in [4.69, 9.17) is 9.47 Å². The first kappa shape index (κ1) is 22.6. The van der Waals surface area contributed by atoms with Crippen LogP contribution in [0.3, 0.4) is 0 Å². The smallest absolute Gasteiger partial charge is 0.305 e. The third-order valence-electron chi connectivity index (χ3n) is 9.57. The molecule has 31 heavy (non-hydrogen) atoms. The van der Waals surface area contributed by atoms with Gasteiger partial charge in [0.15, 0.2) is 0 Å². The monoisotopic (exact) mass is 428 g/mol. The zero-order valence-corrected chi connectivity index (χ0v) is 20.0. The maximum Gasteiger partial charge on any atom is 0.305 e. The summed E-state index contributed by atoms with van der Waals surface area (Å²) in [5.41, 5.74) is 3.68. The van der Waals surface area contributed by atoms with Gasteiger partial charge in [0.1, 0.15) is 6.10 Å². The highest BCUT2D eigenvalue weighted by Gasteiger charge is 2.57. The minimum absolute atomic E-state index is 0.0673. The van der Waals surface area contributed by atoms with Crippen LogP contribution in [0.2, 0.25) is 0 Å². The van der Waals surface area contributed by atoms with Crippen molar-refractivity contribution in [3.8, 4) is 0 Å². The molecule has 0 heterocycles. The van der Waals surface area contributed by atoms with Crippen molar-refractivity contribution in [1.82, 2.24) is 0 Å². The van der Waals surface area contributed by atoms with Gasteiger partial charge in [0.25, 0.3) is 0 Å². The Balaban J connectivity index is 1.49. The van der Waals surface area contributed by atoms with E-state index in [1.54, 1.807) is 11.1 Å². The van der Waals surface area contributed by atoms with E-state index in [9.17, 15) is 9.59 Å². The normalized spacial score (nSPS) is 39.9. The zero-order valence-electron chi connectivity index (χ0n) is 20.0. The van der Waals surface area contributed by atoms with E-state index in [-0.39, 0.29) is 28.9 Å². The molecular weight excluding hydrogens is 388 g/mol. The first-order valence-electron chi connectivity index (χ1n) is 12.3. The molecule has 0 unspecified atom stereocenters. The minimum atomic E-state index is -0.151. The number of methoxy groups -OCH3 is 1. The van der Waals surface area contributed by atoms with Crippen molar-refractivity contribution in [2.75, 3.05) is 7.11 Å². The van der Waals surface area contributed by atoms with E-state index in [1.165, 1.54) is 39.7 Å². The molecule has 0 spiro atoms. The summed E-state index contributed by atoms with van der Waals surface area (Å²) < 4.78 is 10.4. The number of ether oxygens (including phenoxy) is 2. The molecule has 4 heteroatoms. The largest absolute Gasteiger partial charge is 0.469 e. The third-order valence-corrected chi connectivity index (χ3v) is 9.57. The van der Waals surface area contributed by atoms with Crippen LogP contribution in [0.5, 0.6) is 0 Å². The van der Waals surface area contributed by atoms with Gasteiger partial charge in [-0.1, -0.05) is 44.1 Å². The lowest BCUT2D eigenvalue weighted by Crippen LogP contribution is -2.50. The predicted octanol–water partition coefficient (Wildman–Crippen LogP) is 6.01. The molecular formula is C27H40O4. The lowest BCUT2D eigenvalue weighted by Gasteiger charge is -2.58. The van der Waals surface area contributed by atoms with E-state index >= 15 is 0 Å². The number of esters is 2. The fraction of sp³-hybridized carbons (Fsp3) is 0.778. The molecule has 4 rings (SSSR count). The Kier molecular flexibility index (Phi) is 6.13. The summed E-state index contributed by atoms with van der Waals surface area (Å²) in [6.45, 7) is 8.81. The van der Waals surface area contributed by atoms with Crippen molar-refractivity contribution in [1.29, 1.82) is 0 Å². The Morgan fingerprint density at radius 2 is 1.84 bits per heavy atom. The molecule has 2 saturated carbocycles. The van der Waals surface area contributed by atoms with Gasteiger partial charge in [-0.05, 0) is 79.4 Å². The molecule has 7 atom stereocenters. The maximum absolute atomic E-state index is 11.7. The van der Waals surface area contributed by atoms with Crippen molar-refractivity contribution in [2.45, 2.75) is 91.6 Å². The zero-order chi connectivity index (χ0) is 22.4. The molecule has 4 aliphatic rings. The van der Waals surface area contributed by atoms with Crippen molar-refractivity contribution in [3.63, 3.8) is 0 Å². The van der Waals surface area contributed by atoms with Crippen molar-refractivity contribution >= 4 is 11.9 Å². The number of carbonyl (C=O) groups excluding carboxylic acids is 2. The summed E-state index contributed by atoms with van der Waals surface area (Å²) >= 11 is 0. The van der Waals surface area contributed by atoms with Gasteiger partial charge in [0.05, 0.1) is 7.11 Å². The lowest BCUT2D eigenvalue weighted by atomic mass is 9.47. The topological polar surface area (TPSA) is 52.6 Å². The van der Waals surface area contributed by atoms with Crippen LogP contribution in [-0.4, -0.2) is 25.2 Å². The molecule has 2 fully saturated rings. The number of hydrogen-bond acceptors (Lipinski definition) is 4. The first-order valence-corrected chi connectivity index (χ1v) is 12.3. The summed E-state index contributed by atoms with van der Waals surface area (Å²) in [7, 11) is 1.48. The van der Waals surface area contributed by atoms with E-state index < -0.39 is 0 Å². The van der Waals surface area contributed by atoms with Crippen LogP contribution in [0.4, 0.5) is 0 Å². The second-order valence-electron chi connectivity index (χ2n) is 11.1. The minimum Gasteiger partial charge on any atom is -0.469 e. The Bertz CT molecular complexity index is 795. The molecule has 0 N–H and O–H groups in total. The standard InChI is InChI=1S/C27H40O4/c1-17(6-11-25(29)30-5)22-9-10-23-21-8-7-19-16-20(31-18(2)28)12-14-26(19,3)24(21)13-15-27(22,23)4/h7,9,17,20-21,23-24H,6,8,10-16H2,1-5H3/t17-,20+,21+,23+,24+,26+,27-/m1/s1. The molecule has 0 aromatic carbocycles. The summed E-state index contributed by atoms with van der Waals surface area (Å²) in [5, 5.41) is 0. The number of rotatable bonds is 5. The number of allylic oxidation sites excluding steroid dienone is 3. The second-order valence-corrected chi connectivity index (χ2v) is 11.1. The number of fused-ring (bicyclic) bond motifs is 5. The third kappa shape index (κ3) is 3.89. The molecule has 0 bridgehead atoms. The quantitative estimate of drug-likeness (QED) is 0.398. The lowest BCUT2D eigenvalue weighted by molar-refractivity contribution is -0.148. The summed E-state index contributed by atoms with van der Waals surface area (Å²) in [5.74, 6) is 2.37. The number of carbonyl (C=O) groups is 2. The van der Waals surface area contributed by atoms with Crippen molar-refractivity contribution in [3.05, 3.63) is 23.3 Å². The SMILES string of the molecule is COC(=O)CC[C@@H](C)C1=CC[C@H]2[C@@H]3CC=C4C[C@@H](OC(C)=O)CC[C@]4(C)[C@H]3CC[C@]12C. The Hall–Kier alpha value is -1.58. The van der Waals surface area contributed by atoms with E-state index in [0.717, 1.165) is 37.5 Å². The van der Waals surface area contributed by atoms with Crippen molar-refractivity contribution in [2.24, 2.45) is 34.5 Å². The number of hydrogen-bond donors (Lipinski definition) is 0. The summed E-state index contributed by atoms with van der Waals surface area (Å²) in [6.07, 6.45) is 14.4. The van der Waals surface area contributed by atoms with Gasteiger partial charge in [0, 0.05) is 19.8 Å². The summed E-state index contributed by atoms with van der Waals surface area (Å²) in [6, 6.07) is 0. The average molecular weight is 429 g/mol. The van der Waals surface area contributed by atoms with E-state index in [1.807, 2.05) is 0 Å². The molecule has 0 aromatic rings. The van der Waals surface area contributed by atoms with Gasteiger partial charge in [-0.15, -0.1) is 0 Å². The molecule has 4 aliphatic carbocycles. The Labute approximate surface area is 187 Å². The molecule has 4 nitrogen and oxygen atoms in total. The van der Waals surface area contributed by atoms with Crippen LogP contribution in [0.15, 0.2) is 23.3 Å². The Morgan fingerprint density at radius 3 is 2.55 bits per heavy atom. The second kappa shape index (κ2) is 8.41. The highest BCUT2D eigenvalue weighted by molar-refractivity contribution is 5.69. The van der Waals surface area contributed by atoms with Crippen LogP contribution in [0.1, 0.15) is 85.5 Å². The molecule has 0 aromatic heterocycles. The van der Waals surface area contributed by atoms with Gasteiger partial charge in [-0.25, -0.2) is 0 Å². The molecule has 0 amide bonds. The maximum atomic E-state index is 11.7.